The van der Waals surface area contributed by atoms with Crippen LogP contribution in [0.4, 0.5) is 4.79 Å². The highest BCUT2D eigenvalue weighted by Gasteiger charge is 2.24. The zero-order valence-corrected chi connectivity index (χ0v) is 13.5. The Labute approximate surface area is 127 Å². The molecule has 0 aromatic heterocycles. The lowest BCUT2D eigenvalue weighted by Crippen LogP contribution is -2.41. The summed E-state index contributed by atoms with van der Waals surface area (Å²) in [5.74, 6) is 0.557. The predicted octanol–water partition coefficient (Wildman–Crippen LogP) is 3.13. The van der Waals surface area contributed by atoms with Crippen molar-refractivity contribution in [3.8, 4) is 0 Å². The Hall–Kier alpha value is -1.23. The Morgan fingerprint density at radius 1 is 1.38 bits per heavy atom. The van der Waals surface area contributed by atoms with Crippen LogP contribution < -0.4 is 5.32 Å². The van der Waals surface area contributed by atoms with Crippen LogP contribution in [-0.4, -0.2) is 35.6 Å². The minimum Gasteiger partial charge on any atom is -0.493 e. The van der Waals surface area contributed by atoms with Crippen molar-refractivity contribution in [1.29, 1.82) is 0 Å². The van der Waals surface area contributed by atoms with E-state index in [1.165, 1.54) is 12.8 Å². The average molecular weight is 299 g/mol. The number of nitrogens with one attached hydrogen (secondary N) is 1. The molecule has 2 N–H and O–H groups in total. The Balaban J connectivity index is 2.52. The highest BCUT2D eigenvalue weighted by Crippen LogP contribution is 2.24. The molecule has 1 unspecified atom stereocenters. The van der Waals surface area contributed by atoms with E-state index in [9.17, 15) is 4.79 Å². The predicted molar refractivity (Wildman–Crippen MR) is 82.0 cm³/mol. The normalized spacial score (nSPS) is 17.3. The molecule has 0 aromatic rings. The first-order valence-electron chi connectivity index (χ1n) is 7.77. The first-order valence-corrected chi connectivity index (χ1v) is 7.77. The monoisotopic (exact) mass is 299 g/mol. The molecule has 0 bridgehead atoms. The molecule has 0 aromatic carbocycles. The van der Waals surface area contributed by atoms with Gasteiger partial charge in [0.25, 0.3) is 0 Å². The third-order valence-electron chi connectivity index (χ3n) is 3.35. The summed E-state index contributed by atoms with van der Waals surface area (Å²) in [5, 5.41) is 11.8. The summed E-state index contributed by atoms with van der Waals surface area (Å²) in [6, 6.07) is -0.326. The third-order valence-corrected chi connectivity index (χ3v) is 3.35. The van der Waals surface area contributed by atoms with Crippen molar-refractivity contribution in [3.63, 3.8) is 0 Å². The number of amides is 1. The van der Waals surface area contributed by atoms with Crippen LogP contribution in [0.2, 0.25) is 0 Å². The standard InChI is InChI=1S/C16H29NO4/c1-12(20-13-8-5-6-9-13)14(10-7-11-18)17-15(19)21-16(2,3)4/h13-14,18H,1,5-11H2,2-4H3,(H,17,19). The Morgan fingerprint density at radius 3 is 2.52 bits per heavy atom. The number of carbonyl (C=O) groups is 1. The van der Waals surface area contributed by atoms with Crippen LogP contribution in [0.1, 0.15) is 59.3 Å². The van der Waals surface area contributed by atoms with Gasteiger partial charge < -0.3 is 19.9 Å². The van der Waals surface area contributed by atoms with Crippen LogP contribution in [0.5, 0.6) is 0 Å². The Kier molecular flexibility index (Phi) is 7.02. The fourth-order valence-corrected chi connectivity index (χ4v) is 2.36. The second-order valence-electron chi connectivity index (χ2n) is 6.56. The van der Waals surface area contributed by atoms with Crippen molar-refractivity contribution < 1.29 is 19.4 Å². The van der Waals surface area contributed by atoms with Gasteiger partial charge in [-0.15, -0.1) is 0 Å². The first-order chi connectivity index (χ1) is 9.81. The summed E-state index contributed by atoms with van der Waals surface area (Å²) in [6.45, 7) is 9.48. The molecule has 1 saturated carbocycles. The fourth-order valence-electron chi connectivity index (χ4n) is 2.36. The largest absolute Gasteiger partial charge is 0.493 e. The first kappa shape index (κ1) is 17.8. The van der Waals surface area contributed by atoms with E-state index in [-0.39, 0.29) is 18.8 Å². The highest BCUT2D eigenvalue weighted by molar-refractivity contribution is 5.68. The average Bonchev–Trinajstić information content (AvgIpc) is 2.84. The molecule has 5 heteroatoms. The SMILES string of the molecule is C=C(OC1CCCC1)C(CCCO)NC(=O)OC(C)(C)C. The maximum Gasteiger partial charge on any atom is 0.408 e. The summed E-state index contributed by atoms with van der Waals surface area (Å²) in [7, 11) is 0. The van der Waals surface area contributed by atoms with Crippen molar-refractivity contribution >= 4 is 6.09 Å². The summed E-state index contributed by atoms with van der Waals surface area (Å²) >= 11 is 0. The summed E-state index contributed by atoms with van der Waals surface area (Å²) in [5.41, 5.74) is -0.542. The van der Waals surface area contributed by atoms with Gasteiger partial charge in [0.15, 0.2) is 0 Å². The zero-order chi connectivity index (χ0) is 15.9. The quantitative estimate of drug-likeness (QED) is 0.709. The van der Waals surface area contributed by atoms with Gasteiger partial charge in [-0.1, -0.05) is 6.58 Å². The molecule has 1 aliphatic rings. The topological polar surface area (TPSA) is 67.8 Å². The molecule has 1 aliphatic carbocycles. The number of hydrogen-bond acceptors (Lipinski definition) is 4. The lowest BCUT2D eigenvalue weighted by Gasteiger charge is -2.26. The number of rotatable bonds is 7. The van der Waals surface area contributed by atoms with E-state index in [1.54, 1.807) is 0 Å². The number of carbonyl (C=O) groups excluding carboxylic acids is 1. The van der Waals surface area contributed by atoms with Crippen molar-refractivity contribution in [1.82, 2.24) is 5.32 Å². The molecule has 21 heavy (non-hydrogen) atoms. The lowest BCUT2D eigenvalue weighted by atomic mass is 10.1. The maximum atomic E-state index is 11.9. The van der Waals surface area contributed by atoms with Gasteiger partial charge >= 0.3 is 6.09 Å². The van der Waals surface area contributed by atoms with Crippen molar-refractivity contribution in [2.75, 3.05) is 6.61 Å². The number of alkyl carbamates (subject to hydrolysis) is 1. The zero-order valence-electron chi connectivity index (χ0n) is 13.5. The second-order valence-corrected chi connectivity index (χ2v) is 6.56. The summed E-state index contributed by atoms with van der Waals surface area (Å²) in [6.07, 6.45) is 5.32. The van der Waals surface area contributed by atoms with Gasteiger partial charge in [-0.3, -0.25) is 0 Å². The van der Waals surface area contributed by atoms with E-state index in [0.717, 1.165) is 12.8 Å². The van der Waals surface area contributed by atoms with Crippen LogP contribution in [0.3, 0.4) is 0 Å². The molecule has 0 aliphatic heterocycles. The molecular formula is C16H29NO4. The highest BCUT2D eigenvalue weighted by atomic mass is 16.6. The van der Waals surface area contributed by atoms with Crippen molar-refractivity contribution in [2.24, 2.45) is 0 Å². The van der Waals surface area contributed by atoms with Gasteiger partial charge in [-0.05, 0) is 59.3 Å². The minimum atomic E-state index is -0.542. The van der Waals surface area contributed by atoms with Crippen LogP contribution in [-0.2, 0) is 9.47 Å². The van der Waals surface area contributed by atoms with E-state index < -0.39 is 11.7 Å². The van der Waals surface area contributed by atoms with Gasteiger partial charge in [0.05, 0.1) is 12.1 Å². The van der Waals surface area contributed by atoms with E-state index in [4.69, 9.17) is 14.6 Å². The molecule has 0 saturated heterocycles. The van der Waals surface area contributed by atoms with Crippen LogP contribution in [0.25, 0.3) is 0 Å². The molecule has 0 spiro atoms. The Morgan fingerprint density at radius 2 is 2.00 bits per heavy atom. The molecule has 0 radical (unpaired) electrons. The number of aliphatic hydroxyl groups is 1. The smallest absolute Gasteiger partial charge is 0.408 e. The van der Waals surface area contributed by atoms with Crippen LogP contribution >= 0.6 is 0 Å². The molecule has 5 nitrogen and oxygen atoms in total. The van der Waals surface area contributed by atoms with E-state index in [1.807, 2.05) is 20.8 Å². The third kappa shape index (κ3) is 7.37. The fraction of sp³-hybridized carbons (Fsp3) is 0.812. The molecule has 0 heterocycles. The number of hydrogen-bond donors (Lipinski definition) is 2. The molecule has 1 rings (SSSR count). The van der Waals surface area contributed by atoms with E-state index >= 15 is 0 Å². The molecule has 122 valence electrons. The second kappa shape index (κ2) is 8.27. The molecular weight excluding hydrogens is 270 g/mol. The Bertz CT molecular complexity index is 343. The van der Waals surface area contributed by atoms with Gasteiger partial charge in [0, 0.05) is 6.61 Å². The van der Waals surface area contributed by atoms with E-state index in [0.29, 0.717) is 18.6 Å². The van der Waals surface area contributed by atoms with E-state index in [2.05, 4.69) is 11.9 Å². The molecule has 1 atom stereocenters. The summed E-state index contributed by atoms with van der Waals surface area (Å²) in [4.78, 5) is 11.9. The molecule has 1 amide bonds. The van der Waals surface area contributed by atoms with Gasteiger partial charge in [-0.2, -0.15) is 0 Å². The van der Waals surface area contributed by atoms with Gasteiger partial charge in [-0.25, -0.2) is 4.79 Å². The van der Waals surface area contributed by atoms with Crippen LogP contribution in [0, 0.1) is 0 Å². The lowest BCUT2D eigenvalue weighted by molar-refractivity contribution is 0.0458. The summed E-state index contributed by atoms with van der Waals surface area (Å²) < 4.78 is 11.1. The molecule has 1 fully saturated rings. The van der Waals surface area contributed by atoms with Crippen LogP contribution in [0.15, 0.2) is 12.3 Å². The van der Waals surface area contributed by atoms with Crippen molar-refractivity contribution in [2.45, 2.75) is 77.0 Å². The maximum absolute atomic E-state index is 11.9. The minimum absolute atomic E-state index is 0.0726. The number of aliphatic hydroxyl groups excluding tert-OH is 1. The number of ether oxygens (including phenoxy) is 2. The van der Waals surface area contributed by atoms with Crippen molar-refractivity contribution in [3.05, 3.63) is 12.3 Å². The van der Waals surface area contributed by atoms with Gasteiger partial charge in [0.2, 0.25) is 0 Å². The van der Waals surface area contributed by atoms with Gasteiger partial charge in [0.1, 0.15) is 11.4 Å².